The van der Waals surface area contributed by atoms with Crippen LogP contribution in [0, 0.1) is 10.1 Å². The SMILES string of the molecule is COc1cc([N+](=O)[O-])ccc1S(=O)(=O)N1CCC(OC)CC1CN.Cl. The van der Waals surface area contributed by atoms with Crippen LogP contribution in [-0.4, -0.2) is 57.1 Å². The van der Waals surface area contributed by atoms with E-state index >= 15 is 0 Å². The molecule has 11 heteroatoms. The van der Waals surface area contributed by atoms with Crippen molar-refractivity contribution in [3.8, 4) is 5.75 Å². The molecule has 1 saturated heterocycles. The van der Waals surface area contributed by atoms with E-state index in [0.717, 1.165) is 12.1 Å². The van der Waals surface area contributed by atoms with Crippen LogP contribution >= 0.6 is 12.4 Å². The smallest absolute Gasteiger partial charge is 0.273 e. The number of benzene rings is 1. The van der Waals surface area contributed by atoms with Crippen molar-refractivity contribution in [1.29, 1.82) is 0 Å². The highest BCUT2D eigenvalue weighted by Gasteiger charge is 2.38. The van der Waals surface area contributed by atoms with Gasteiger partial charge in [-0.2, -0.15) is 4.31 Å². The van der Waals surface area contributed by atoms with Crippen LogP contribution in [0.5, 0.6) is 5.75 Å². The molecule has 1 heterocycles. The zero-order valence-corrected chi connectivity index (χ0v) is 15.6. The van der Waals surface area contributed by atoms with Gasteiger partial charge in [0.1, 0.15) is 10.6 Å². The minimum Gasteiger partial charge on any atom is -0.495 e. The fourth-order valence-corrected chi connectivity index (χ4v) is 4.65. The number of nitro benzene ring substituents is 1. The van der Waals surface area contributed by atoms with Crippen molar-refractivity contribution < 1.29 is 22.8 Å². The van der Waals surface area contributed by atoms with Gasteiger partial charge in [-0.05, 0) is 18.9 Å². The number of rotatable bonds is 6. The largest absolute Gasteiger partial charge is 0.495 e. The highest BCUT2D eigenvalue weighted by Crippen LogP contribution is 2.33. The minimum atomic E-state index is -3.89. The zero-order valence-electron chi connectivity index (χ0n) is 14.0. The summed E-state index contributed by atoms with van der Waals surface area (Å²) in [7, 11) is -1.03. The molecule has 2 rings (SSSR count). The van der Waals surface area contributed by atoms with Crippen LogP contribution in [0.15, 0.2) is 23.1 Å². The predicted octanol–water partition coefficient (Wildman–Crippen LogP) is 1.15. The van der Waals surface area contributed by atoms with Gasteiger partial charge < -0.3 is 15.2 Å². The van der Waals surface area contributed by atoms with Gasteiger partial charge in [-0.3, -0.25) is 10.1 Å². The van der Waals surface area contributed by atoms with Crippen molar-refractivity contribution in [2.24, 2.45) is 5.73 Å². The van der Waals surface area contributed by atoms with Crippen LogP contribution in [0.4, 0.5) is 5.69 Å². The Morgan fingerprint density at radius 1 is 1.40 bits per heavy atom. The van der Waals surface area contributed by atoms with Gasteiger partial charge in [-0.1, -0.05) is 0 Å². The van der Waals surface area contributed by atoms with Crippen molar-refractivity contribution >= 4 is 28.1 Å². The summed E-state index contributed by atoms with van der Waals surface area (Å²) in [6, 6.07) is 3.05. The molecule has 1 aromatic rings. The summed E-state index contributed by atoms with van der Waals surface area (Å²) in [5.41, 5.74) is 5.50. The Morgan fingerprint density at radius 2 is 2.08 bits per heavy atom. The second-order valence-electron chi connectivity index (χ2n) is 5.48. The lowest BCUT2D eigenvalue weighted by Gasteiger charge is -2.37. The summed E-state index contributed by atoms with van der Waals surface area (Å²) in [4.78, 5) is 10.1. The van der Waals surface area contributed by atoms with E-state index in [1.807, 2.05) is 0 Å². The molecule has 142 valence electrons. The lowest BCUT2D eigenvalue weighted by molar-refractivity contribution is -0.385. The molecule has 1 fully saturated rings. The Bertz CT molecular complexity index is 715. The Balaban J connectivity index is 0.00000312. The molecule has 2 atom stereocenters. The number of hydrogen-bond donors (Lipinski definition) is 1. The number of sulfonamides is 1. The fraction of sp³-hybridized carbons (Fsp3) is 0.571. The zero-order chi connectivity index (χ0) is 17.9. The van der Waals surface area contributed by atoms with Crippen LogP contribution in [0.3, 0.4) is 0 Å². The maximum absolute atomic E-state index is 13.0. The molecule has 0 saturated carbocycles. The average Bonchev–Trinajstić information content (AvgIpc) is 2.60. The number of non-ortho nitro benzene ring substituents is 1. The van der Waals surface area contributed by atoms with Gasteiger partial charge in [0.2, 0.25) is 10.0 Å². The summed E-state index contributed by atoms with van der Waals surface area (Å²) in [5, 5.41) is 10.9. The molecule has 25 heavy (non-hydrogen) atoms. The van der Waals surface area contributed by atoms with Crippen LogP contribution in [0.25, 0.3) is 0 Å². The molecule has 0 aromatic heterocycles. The quantitative estimate of drug-likeness (QED) is 0.565. The maximum atomic E-state index is 13.0. The Labute approximate surface area is 152 Å². The molecule has 0 bridgehead atoms. The Kier molecular flexibility index (Phi) is 7.57. The third-order valence-electron chi connectivity index (χ3n) is 4.16. The molecule has 0 amide bonds. The van der Waals surface area contributed by atoms with Gasteiger partial charge in [0.05, 0.1) is 24.2 Å². The van der Waals surface area contributed by atoms with E-state index in [2.05, 4.69) is 0 Å². The van der Waals surface area contributed by atoms with Crippen molar-refractivity contribution in [3.63, 3.8) is 0 Å². The molecule has 1 aliphatic heterocycles. The number of hydrogen-bond acceptors (Lipinski definition) is 7. The van der Waals surface area contributed by atoms with E-state index < -0.39 is 21.0 Å². The number of methoxy groups -OCH3 is 2. The fourth-order valence-electron chi connectivity index (χ4n) is 2.85. The maximum Gasteiger partial charge on any atom is 0.273 e. The minimum absolute atomic E-state index is 0. The predicted molar refractivity (Wildman–Crippen MR) is 93.7 cm³/mol. The summed E-state index contributed by atoms with van der Waals surface area (Å²) >= 11 is 0. The second kappa shape index (κ2) is 8.77. The van der Waals surface area contributed by atoms with Gasteiger partial charge in [-0.25, -0.2) is 8.42 Å². The average molecular weight is 396 g/mol. The first-order valence-corrected chi connectivity index (χ1v) is 8.86. The summed E-state index contributed by atoms with van der Waals surface area (Å²) in [6.07, 6.45) is 1.02. The first-order valence-electron chi connectivity index (χ1n) is 7.42. The Hall–Kier alpha value is -1.46. The summed E-state index contributed by atoms with van der Waals surface area (Å²) < 4.78 is 37.7. The number of halogens is 1. The Morgan fingerprint density at radius 3 is 2.60 bits per heavy atom. The molecule has 1 aromatic carbocycles. The first-order chi connectivity index (χ1) is 11.3. The van der Waals surface area contributed by atoms with Crippen LogP contribution in [-0.2, 0) is 14.8 Å². The standard InChI is InChI=1S/C14H21N3O6S.ClH/c1-22-12-5-6-16(11(7-12)9-15)24(20,21)14-4-3-10(17(18)19)8-13(14)23-2;/h3-4,8,11-12H,5-7,9,15H2,1-2H3;1H. The molecule has 2 N–H and O–H groups in total. The van der Waals surface area contributed by atoms with Gasteiger partial charge in [0.15, 0.2) is 0 Å². The van der Waals surface area contributed by atoms with Crippen LogP contribution in [0.2, 0.25) is 0 Å². The molecule has 0 aliphatic carbocycles. The number of nitrogens with zero attached hydrogens (tertiary/aromatic N) is 2. The van der Waals surface area contributed by atoms with E-state index in [-0.39, 0.29) is 47.9 Å². The van der Waals surface area contributed by atoms with Crippen molar-refractivity contribution in [2.75, 3.05) is 27.3 Å². The van der Waals surface area contributed by atoms with E-state index in [4.69, 9.17) is 15.2 Å². The topological polar surface area (TPSA) is 125 Å². The molecule has 9 nitrogen and oxygen atoms in total. The van der Waals surface area contributed by atoms with Crippen LogP contribution in [0.1, 0.15) is 12.8 Å². The van der Waals surface area contributed by atoms with Crippen molar-refractivity contribution in [1.82, 2.24) is 4.31 Å². The van der Waals surface area contributed by atoms with Crippen LogP contribution < -0.4 is 10.5 Å². The third-order valence-corrected chi connectivity index (χ3v) is 6.16. The van der Waals surface area contributed by atoms with E-state index in [1.54, 1.807) is 7.11 Å². The second-order valence-corrected chi connectivity index (χ2v) is 7.34. The summed E-state index contributed by atoms with van der Waals surface area (Å²) in [5.74, 6) is -0.0613. The lowest BCUT2D eigenvalue weighted by atomic mass is 10.0. The van der Waals surface area contributed by atoms with Gasteiger partial charge in [0, 0.05) is 32.3 Å². The van der Waals surface area contributed by atoms with Gasteiger partial charge in [-0.15, -0.1) is 12.4 Å². The monoisotopic (exact) mass is 395 g/mol. The summed E-state index contributed by atoms with van der Waals surface area (Å²) in [6.45, 7) is 0.428. The van der Waals surface area contributed by atoms with Gasteiger partial charge >= 0.3 is 0 Å². The third kappa shape index (κ3) is 4.39. The number of nitro groups is 1. The van der Waals surface area contributed by atoms with E-state index in [1.165, 1.54) is 17.5 Å². The molecule has 2 unspecified atom stereocenters. The number of nitrogens with two attached hydrogens (primary N) is 1. The molecule has 1 aliphatic rings. The van der Waals surface area contributed by atoms with Crippen molar-refractivity contribution in [2.45, 2.75) is 29.9 Å². The molecular weight excluding hydrogens is 374 g/mol. The molecule has 0 spiro atoms. The van der Waals surface area contributed by atoms with E-state index in [0.29, 0.717) is 12.8 Å². The normalized spacial score (nSPS) is 21.4. The number of piperidine rings is 1. The van der Waals surface area contributed by atoms with Gasteiger partial charge in [0.25, 0.3) is 5.69 Å². The molecule has 0 radical (unpaired) electrons. The first kappa shape index (κ1) is 21.6. The highest BCUT2D eigenvalue weighted by atomic mass is 35.5. The number of ether oxygens (including phenoxy) is 2. The van der Waals surface area contributed by atoms with Crippen molar-refractivity contribution in [3.05, 3.63) is 28.3 Å². The lowest BCUT2D eigenvalue weighted by Crippen LogP contribution is -2.51. The highest BCUT2D eigenvalue weighted by molar-refractivity contribution is 7.89. The van der Waals surface area contributed by atoms with E-state index in [9.17, 15) is 18.5 Å². The molecular formula is C14H22ClN3O6S.